The van der Waals surface area contributed by atoms with Crippen LogP contribution in [0.2, 0.25) is 5.02 Å². The number of carbonyl (C=O) groups is 2. The number of rotatable bonds is 4. The standard InChI is InChI=1S/C15H17ClN2O4/c1-17-6-8-18(9-7-17)13-10-11(2-3-12(13)16)22-15(21)5-4-14(19)20/h2-5,10H,6-9H2,1H3,(H,19,20). The average molecular weight is 325 g/mol. The summed E-state index contributed by atoms with van der Waals surface area (Å²) in [5, 5.41) is 9.07. The van der Waals surface area contributed by atoms with E-state index in [0.717, 1.165) is 44.0 Å². The van der Waals surface area contributed by atoms with Crippen LogP contribution < -0.4 is 9.64 Å². The molecule has 0 saturated carbocycles. The van der Waals surface area contributed by atoms with Crippen molar-refractivity contribution in [1.29, 1.82) is 0 Å². The van der Waals surface area contributed by atoms with Gasteiger partial charge in [0.25, 0.3) is 0 Å². The second-order valence-corrected chi connectivity index (χ2v) is 5.40. The lowest BCUT2D eigenvalue weighted by molar-refractivity contribution is -0.133. The molecule has 0 unspecified atom stereocenters. The van der Waals surface area contributed by atoms with Crippen molar-refractivity contribution in [2.75, 3.05) is 38.1 Å². The Hall–Kier alpha value is -2.05. The van der Waals surface area contributed by atoms with Crippen LogP contribution in [-0.4, -0.2) is 55.2 Å². The predicted octanol–water partition coefficient (Wildman–Crippen LogP) is 1.64. The van der Waals surface area contributed by atoms with Gasteiger partial charge in [-0.25, -0.2) is 9.59 Å². The molecule has 0 aliphatic carbocycles. The molecule has 6 nitrogen and oxygen atoms in total. The van der Waals surface area contributed by atoms with E-state index >= 15 is 0 Å². The van der Waals surface area contributed by atoms with Crippen LogP contribution in [0.4, 0.5) is 5.69 Å². The van der Waals surface area contributed by atoms with E-state index in [9.17, 15) is 9.59 Å². The zero-order valence-electron chi connectivity index (χ0n) is 12.2. The van der Waals surface area contributed by atoms with Crippen LogP contribution in [0.15, 0.2) is 30.4 Å². The first-order valence-electron chi connectivity index (χ1n) is 6.81. The first kappa shape index (κ1) is 16.3. The molecule has 1 aromatic rings. The van der Waals surface area contributed by atoms with Gasteiger partial charge in [0.15, 0.2) is 0 Å². The quantitative estimate of drug-likeness (QED) is 0.516. The van der Waals surface area contributed by atoms with Gasteiger partial charge < -0.3 is 19.6 Å². The molecular weight excluding hydrogens is 308 g/mol. The van der Waals surface area contributed by atoms with Crippen LogP contribution >= 0.6 is 11.6 Å². The fraction of sp³-hybridized carbons (Fsp3) is 0.333. The monoisotopic (exact) mass is 324 g/mol. The van der Waals surface area contributed by atoms with E-state index < -0.39 is 11.9 Å². The van der Waals surface area contributed by atoms with Gasteiger partial charge in [-0.1, -0.05) is 11.6 Å². The Kier molecular flexibility index (Phi) is 5.41. The third-order valence-electron chi connectivity index (χ3n) is 3.34. The molecule has 0 aromatic heterocycles. The number of ether oxygens (including phenoxy) is 1. The van der Waals surface area contributed by atoms with E-state index in [1.807, 2.05) is 0 Å². The molecule has 1 fully saturated rings. The maximum absolute atomic E-state index is 11.5. The van der Waals surface area contributed by atoms with Crippen molar-refractivity contribution in [2.24, 2.45) is 0 Å². The fourth-order valence-corrected chi connectivity index (χ4v) is 2.37. The van der Waals surface area contributed by atoms with Crippen LogP contribution in [0.3, 0.4) is 0 Å². The van der Waals surface area contributed by atoms with Crippen molar-refractivity contribution < 1.29 is 19.4 Å². The SMILES string of the molecule is CN1CCN(c2cc(OC(=O)C=CC(=O)O)ccc2Cl)CC1. The lowest BCUT2D eigenvalue weighted by Crippen LogP contribution is -2.44. The first-order valence-corrected chi connectivity index (χ1v) is 7.19. The summed E-state index contributed by atoms with van der Waals surface area (Å²) < 4.78 is 5.09. The highest BCUT2D eigenvalue weighted by Gasteiger charge is 2.17. The summed E-state index contributed by atoms with van der Waals surface area (Å²) >= 11 is 6.22. The van der Waals surface area contributed by atoms with Gasteiger partial charge in [-0.05, 0) is 19.2 Å². The summed E-state index contributed by atoms with van der Waals surface area (Å²) in [6, 6.07) is 4.94. The van der Waals surface area contributed by atoms with Gasteiger partial charge in [-0.15, -0.1) is 0 Å². The fourth-order valence-electron chi connectivity index (χ4n) is 2.14. The molecule has 7 heteroatoms. The molecule has 1 N–H and O–H groups in total. The Morgan fingerprint density at radius 3 is 2.55 bits per heavy atom. The summed E-state index contributed by atoms with van der Waals surface area (Å²) in [6.45, 7) is 3.54. The molecular formula is C15H17ClN2O4. The van der Waals surface area contributed by atoms with Crippen molar-refractivity contribution in [3.63, 3.8) is 0 Å². The topological polar surface area (TPSA) is 70.1 Å². The molecule has 2 rings (SSSR count). The largest absolute Gasteiger partial charge is 0.478 e. The average Bonchev–Trinajstić information content (AvgIpc) is 2.48. The first-order chi connectivity index (χ1) is 10.5. The third kappa shape index (κ3) is 4.47. The number of halogens is 1. The molecule has 0 amide bonds. The van der Waals surface area contributed by atoms with Crippen molar-refractivity contribution >= 4 is 29.2 Å². The van der Waals surface area contributed by atoms with Gasteiger partial charge in [0, 0.05) is 44.4 Å². The number of esters is 1. The van der Waals surface area contributed by atoms with E-state index in [-0.39, 0.29) is 0 Å². The Morgan fingerprint density at radius 2 is 1.91 bits per heavy atom. The van der Waals surface area contributed by atoms with E-state index in [1.54, 1.807) is 18.2 Å². The number of piperazine rings is 1. The summed E-state index contributed by atoms with van der Waals surface area (Å²) in [5.74, 6) is -1.61. The smallest absolute Gasteiger partial charge is 0.336 e. The van der Waals surface area contributed by atoms with Gasteiger partial charge in [0.2, 0.25) is 0 Å². The van der Waals surface area contributed by atoms with Crippen LogP contribution in [0.25, 0.3) is 0 Å². The summed E-state index contributed by atoms with van der Waals surface area (Å²) in [6.07, 6.45) is 1.60. The predicted molar refractivity (Wildman–Crippen MR) is 83.6 cm³/mol. The normalized spacial score (nSPS) is 16.0. The van der Waals surface area contributed by atoms with Crippen molar-refractivity contribution in [3.05, 3.63) is 35.4 Å². The number of hydrogen-bond donors (Lipinski definition) is 1. The van der Waals surface area contributed by atoms with Crippen molar-refractivity contribution in [3.8, 4) is 5.75 Å². The molecule has 1 aliphatic heterocycles. The number of nitrogens with zero attached hydrogens (tertiary/aromatic N) is 2. The number of likely N-dealkylation sites (N-methyl/N-ethyl adjacent to an activating group) is 1. The number of benzene rings is 1. The maximum atomic E-state index is 11.5. The number of carboxylic acid groups (broad SMARTS) is 1. The Bertz CT molecular complexity index is 595. The number of carbonyl (C=O) groups excluding carboxylic acids is 1. The Balaban J connectivity index is 2.09. The van der Waals surface area contributed by atoms with E-state index in [4.69, 9.17) is 21.4 Å². The van der Waals surface area contributed by atoms with Crippen molar-refractivity contribution in [1.82, 2.24) is 4.90 Å². The molecule has 1 saturated heterocycles. The maximum Gasteiger partial charge on any atom is 0.336 e. The van der Waals surface area contributed by atoms with Crippen molar-refractivity contribution in [2.45, 2.75) is 0 Å². The molecule has 0 spiro atoms. The molecule has 0 atom stereocenters. The second-order valence-electron chi connectivity index (χ2n) is 5.00. The number of anilines is 1. The summed E-state index contributed by atoms with van der Waals surface area (Å²) in [7, 11) is 2.06. The number of hydrogen-bond acceptors (Lipinski definition) is 5. The van der Waals surface area contributed by atoms with Crippen LogP contribution in [0.5, 0.6) is 5.75 Å². The van der Waals surface area contributed by atoms with Gasteiger partial charge in [0.1, 0.15) is 5.75 Å². The van der Waals surface area contributed by atoms with E-state index in [0.29, 0.717) is 10.8 Å². The minimum atomic E-state index is -1.20. The second kappa shape index (κ2) is 7.29. The lowest BCUT2D eigenvalue weighted by Gasteiger charge is -2.34. The third-order valence-corrected chi connectivity index (χ3v) is 3.66. The lowest BCUT2D eigenvalue weighted by atomic mass is 10.2. The van der Waals surface area contributed by atoms with Gasteiger partial charge in [-0.3, -0.25) is 0 Å². The minimum absolute atomic E-state index is 0.332. The zero-order chi connectivity index (χ0) is 16.1. The van der Waals surface area contributed by atoms with E-state index in [2.05, 4.69) is 16.8 Å². The van der Waals surface area contributed by atoms with Crippen LogP contribution in [-0.2, 0) is 9.59 Å². The highest BCUT2D eigenvalue weighted by Crippen LogP contribution is 2.30. The molecule has 1 aliphatic rings. The van der Waals surface area contributed by atoms with E-state index in [1.165, 1.54) is 0 Å². The minimum Gasteiger partial charge on any atom is -0.478 e. The summed E-state index contributed by atoms with van der Waals surface area (Å²) in [5.41, 5.74) is 0.808. The molecule has 22 heavy (non-hydrogen) atoms. The van der Waals surface area contributed by atoms with Gasteiger partial charge in [-0.2, -0.15) is 0 Å². The van der Waals surface area contributed by atoms with Gasteiger partial charge >= 0.3 is 11.9 Å². The zero-order valence-corrected chi connectivity index (χ0v) is 12.9. The molecule has 0 radical (unpaired) electrons. The highest BCUT2D eigenvalue weighted by molar-refractivity contribution is 6.33. The Labute approximate surface area is 133 Å². The molecule has 0 bridgehead atoms. The van der Waals surface area contributed by atoms with Crippen LogP contribution in [0.1, 0.15) is 0 Å². The summed E-state index contributed by atoms with van der Waals surface area (Å²) in [4.78, 5) is 26.2. The highest BCUT2D eigenvalue weighted by atomic mass is 35.5. The van der Waals surface area contributed by atoms with Crippen LogP contribution in [0, 0.1) is 0 Å². The number of aliphatic carboxylic acids is 1. The Morgan fingerprint density at radius 1 is 1.23 bits per heavy atom. The molecule has 1 aromatic carbocycles. The molecule has 1 heterocycles. The number of carboxylic acids is 1. The molecule has 118 valence electrons. The van der Waals surface area contributed by atoms with Gasteiger partial charge in [0.05, 0.1) is 10.7 Å².